The summed E-state index contributed by atoms with van der Waals surface area (Å²) in [5.41, 5.74) is -0.517. The number of amides is 2. The first-order valence-corrected chi connectivity index (χ1v) is 9.63. The highest BCUT2D eigenvalue weighted by Gasteiger charge is 2.33. The fourth-order valence-electron chi connectivity index (χ4n) is 2.88. The Bertz CT molecular complexity index is 853. The molecule has 28 heavy (non-hydrogen) atoms. The summed E-state index contributed by atoms with van der Waals surface area (Å²) in [6.07, 6.45) is -2.49. The van der Waals surface area contributed by atoms with Gasteiger partial charge in [-0.2, -0.15) is 13.2 Å². The molecule has 5 nitrogen and oxygen atoms in total. The van der Waals surface area contributed by atoms with Crippen molar-refractivity contribution in [1.82, 2.24) is 5.32 Å². The second kappa shape index (κ2) is 8.30. The summed E-state index contributed by atoms with van der Waals surface area (Å²) in [5.74, 6) is -0.653. The van der Waals surface area contributed by atoms with Gasteiger partial charge in [-0.3, -0.25) is 9.59 Å². The number of hydrogen-bond acceptors (Lipinski definition) is 4. The number of hydrogen-bond donors (Lipinski definition) is 1. The van der Waals surface area contributed by atoms with Crippen LogP contribution >= 0.6 is 11.8 Å². The zero-order valence-corrected chi connectivity index (χ0v) is 15.9. The molecule has 0 bridgehead atoms. The number of carbonyl (C=O) groups is 2. The van der Waals surface area contributed by atoms with Crippen molar-refractivity contribution < 1.29 is 27.2 Å². The van der Waals surface area contributed by atoms with Crippen molar-refractivity contribution in [2.45, 2.75) is 36.1 Å². The topological polar surface area (TPSA) is 62.6 Å². The quantitative estimate of drug-likeness (QED) is 0.812. The Morgan fingerprint density at radius 3 is 2.79 bits per heavy atom. The standard InChI is InChI=1S/C19H19F3N2O3S/c1-12-7-9-24(14-11-13(19(20,21)22)4-5-16(14)28-12)17(25)6-8-23-18(26)15-3-2-10-27-15/h2-5,10-12H,6-9H2,1H3,(H,23,26). The van der Waals surface area contributed by atoms with Gasteiger partial charge in [0.15, 0.2) is 5.76 Å². The molecule has 3 rings (SSSR count). The maximum Gasteiger partial charge on any atom is 0.416 e. The van der Waals surface area contributed by atoms with Gasteiger partial charge in [-0.25, -0.2) is 0 Å². The minimum Gasteiger partial charge on any atom is -0.459 e. The normalized spacial score (nSPS) is 17.0. The number of nitrogens with zero attached hydrogens (tertiary/aromatic N) is 1. The fraction of sp³-hybridized carbons (Fsp3) is 0.368. The third-order valence-electron chi connectivity index (χ3n) is 4.33. The molecule has 9 heteroatoms. The van der Waals surface area contributed by atoms with E-state index in [9.17, 15) is 22.8 Å². The lowest BCUT2D eigenvalue weighted by molar-refractivity contribution is -0.137. The molecule has 2 heterocycles. The number of fused-ring (bicyclic) bond motifs is 1. The molecule has 0 saturated heterocycles. The number of alkyl halides is 3. The highest BCUT2D eigenvalue weighted by Crippen LogP contribution is 2.41. The van der Waals surface area contributed by atoms with Crippen LogP contribution in [0.2, 0.25) is 0 Å². The van der Waals surface area contributed by atoms with Gasteiger partial charge in [0.2, 0.25) is 5.91 Å². The molecule has 0 saturated carbocycles. The summed E-state index contributed by atoms with van der Waals surface area (Å²) in [6, 6.07) is 6.56. The first kappa shape index (κ1) is 20.3. The van der Waals surface area contributed by atoms with E-state index in [2.05, 4.69) is 5.32 Å². The summed E-state index contributed by atoms with van der Waals surface area (Å²) < 4.78 is 44.3. The van der Waals surface area contributed by atoms with Gasteiger partial charge in [0, 0.05) is 29.7 Å². The van der Waals surface area contributed by atoms with E-state index in [1.807, 2.05) is 6.92 Å². The molecule has 1 unspecified atom stereocenters. The summed E-state index contributed by atoms with van der Waals surface area (Å²) in [6.45, 7) is 2.36. The number of carbonyl (C=O) groups excluding carboxylic acids is 2. The number of anilines is 1. The number of furan rings is 1. The Morgan fingerprint density at radius 1 is 1.32 bits per heavy atom. The molecule has 1 aliphatic heterocycles. The van der Waals surface area contributed by atoms with Crippen molar-refractivity contribution in [3.05, 3.63) is 47.9 Å². The van der Waals surface area contributed by atoms with E-state index in [4.69, 9.17) is 4.42 Å². The maximum absolute atomic E-state index is 13.1. The summed E-state index contributed by atoms with van der Waals surface area (Å²) >= 11 is 1.46. The van der Waals surface area contributed by atoms with Gasteiger partial charge in [-0.1, -0.05) is 6.92 Å². The molecule has 1 N–H and O–H groups in total. The Hall–Kier alpha value is -2.42. The molecule has 0 spiro atoms. The molecular weight excluding hydrogens is 393 g/mol. The Kier molecular flexibility index (Phi) is 6.02. The van der Waals surface area contributed by atoms with Gasteiger partial charge >= 0.3 is 6.18 Å². The highest BCUT2D eigenvalue weighted by atomic mass is 32.2. The molecule has 2 aromatic rings. The maximum atomic E-state index is 13.1. The second-order valence-electron chi connectivity index (χ2n) is 6.43. The molecular formula is C19H19F3N2O3S. The van der Waals surface area contributed by atoms with Crippen LogP contribution in [-0.4, -0.2) is 30.2 Å². The number of nitrogens with one attached hydrogen (secondary N) is 1. The molecule has 1 aliphatic rings. The molecule has 1 atom stereocenters. The van der Waals surface area contributed by atoms with Gasteiger partial charge in [0.05, 0.1) is 17.5 Å². The second-order valence-corrected chi connectivity index (χ2v) is 7.91. The smallest absolute Gasteiger partial charge is 0.416 e. The average Bonchev–Trinajstić information content (AvgIpc) is 3.11. The zero-order valence-electron chi connectivity index (χ0n) is 15.1. The van der Waals surface area contributed by atoms with Crippen LogP contribution in [0.3, 0.4) is 0 Å². The Morgan fingerprint density at radius 2 is 2.11 bits per heavy atom. The SMILES string of the molecule is CC1CCN(C(=O)CCNC(=O)c2ccco2)c2cc(C(F)(F)F)ccc2S1. The lowest BCUT2D eigenvalue weighted by Crippen LogP contribution is -2.35. The van der Waals surface area contributed by atoms with Crippen LogP contribution in [0.4, 0.5) is 18.9 Å². The molecule has 0 radical (unpaired) electrons. The predicted octanol–water partition coefficient (Wildman–Crippen LogP) is 4.34. The van der Waals surface area contributed by atoms with Crippen molar-refractivity contribution in [2.24, 2.45) is 0 Å². The van der Waals surface area contributed by atoms with Crippen LogP contribution in [0, 0.1) is 0 Å². The van der Waals surface area contributed by atoms with E-state index < -0.39 is 17.6 Å². The van der Waals surface area contributed by atoms with Crippen molar-refractivity contribution in [1.29, 1.82) is 0 Å². The first-order chi connectivity index (χ1) is 13.3. The minimum atomic E-state index is -4.48. The Balaban J connectivity index is 1.73. The predicted molar refractivity (Wildman–Crippen MR) is 99.4 cm³/mol. The van der Waals surface area contributed by atoms with E-state index in [1.54, 1.807) is 6.07 Å². The van der Waals surface area contributed by atoms with Crippen molar-refractivity contribution in [3.8, 4) is 0 Å². The lowest BCUT2D eigenvalue weighted by atomic mass is 10.1. The van der Waals surface area contributed by atoms with Crippen molar-refractivity contribution in [3.63, 3.8) is 0 Å². The molecule has 0 fully saturated rings. The van der Waals surface area contributed by atoms with E-state index >= 15 is 0 Å². The van der Waals surface area contributed by atoms with Gasteiger partial charge in [-0.15, -0.1) is 11.8 Å². The highest BCUT2D eigenvalue weighted by molar-refractivity contribution is 8.00. The van der Waals surface area contributed by atoms with Crippen LogP contribution in [0.15, 0.2) is 45.9 Å². The monoisotopic (exact) mass is 412 g/mol. The van der Waals surface area contributed by atoms with Crippen LogP contribution in [0.1, 0.15) is 35.9 Å². The number of benzene rings is 1. The third-order valence-corrected chi connectivity index (χ3v) is 5.57. The summed E-state index contributed by atoms with van der Waals surface area (Å²) in [5, 5.41) is 2.75. The third kappa shape index (κ3) is 4.70. The molecule has 0 aliphatic carbocycles. The zero-order chi connectivity index (χ0) is 20.3. The number of thioether (sulfide) groups is 1. The van der Waals surface area contributed by atoms with Gasteiger partial charge < -0.3 is 14.6 Å². The molecule has 150 valence electrons. The lowest BCUT2D eigenvalue weighted by Gasteiger charge is -2.23. The van der Waals surface area contributed by atoms with Crippen LogP contribution in [0.25, 0.3) is 0 Å². The van der Waals surface area contributed by atoms with E-state index in [1.165, 1.54) is 35.1 Å². The minimum absolute atomic E-state index is 0.0266. The first-order valence-electron chi connectivity index (χ1n) is 8.75. The van der Waals surface area contributed by atoms with Gasteiger partial charge in [-0.05, 0) is 36.8 Å². The van der Waals surface area contributed by atoms with Gasteiger partial charge in [0.25, 0.3) is 5.91 Å². The van der Waals surface area contributed by atoms with Crippen LogP contribution in [-0.2, 0) is 11.0 Å². The van der Waals surface area contributed by atoms with E-state index in [0.29, 0.717) is 17.9 Å². The van der Waals surface area contributed by atoms with Crippen LogP contribution in [0.5, 0.6) is 0 Å². The van der Waals surface area contributed by atoms with E-state index in [-0.39, 0.29) is 35.6 Å². The van der Waals surface area contributed by atoms with Gasteiger partial charge in [0.1, 0.15) is 0 Å². The molecule has 2 amide bonds. The summed E-state index contributed by atoms with van der Waals surface area (Å²) in [4.78, 5) is 26.6. The number of rotatable bonds is 4. The average molecular weight is 412 g/mol. The largest absolute Gasteiger partial charge is 0.459 e. The summed E-state index contributed by atoms with van der Waals surface area (Å²) in [7, 11) is 0. The molecule has 1 aromatic heterocycles. The van der Waals surface area contributed by atoms with E-state index in [0.717, 1.165) is 12.1 Å². The van der Waals surface area contributed by atoms with Crippen LogP contribution < -0.4 is 10.2 Å². The fourth-order valence-corrected chi connectivity index (χ4v) is 3.98. The Labute approximate surface area is 164 Å². The molecule has 1 aromatic carbocycles. The number of halogens is 3. The van der Waals surface area contributed by atoms with Crippen molar-refractivity contribution >= 4 is 29.3 Å². The van der Waals surface area contributed by atoms with Crippen molar-refractivity contribution in [2.75, 3.05) is 18.0 Å².